The molecule has 2 aliphatic rings. The monoisotopic (exact) mass is 462 g/mol. The summed E-state index contributed by atoms with van der Waals surface area (Å²) in [6.07, 6.45) is 6.43. The number of aliphatic imine (C=N–C) groups is 1. The van der Waals surface area contributed by atoms with Gasteiger partial charge in [-0.1, -0.05) is 6.92 Å². The van der Waals surface area contributed by atoms with E-state index in [1.54, 1.807) is 4.88 Å². The third-order valence-corrected chi connectivity index (χ3v) is 6.21. The lowest BCUT2D eigenvalue weighted by atomic mass is 9.87. The van der Waals surface area contributed by atoms with Gasteiger partial charge in [-0.2, -0.15) is 0 Å². The number of hydrogen-bond acceptors (Lipinski definition) is 3. The number of nitrogens with one attached hydrogen (secondary N) is 2. The third-order valence-electron chi connectivity index (χ3n) is 5.19. The number of thiophene rings is 1. The Morgan fingerprint density at radius 3 is 2.88 bits per heavy atom. The van der Waals surface area contributed by atoms with Crippen molar-refractivity contribution < 1.29 is 0 Å². The number of nitrogens with zero attached hydrogens (tertiary/aromatic N) is 2. The van der Waals surface area contributed by atoms with E-state index in [0.717, 1.165) is 31.5 Å². The summed E-state index contributed by atoms with van der Waals surface area (Å²) >= 11 is 1.91. The minimum atomic E-state index is 0. The summed E-state index contributed by atoms with van der Waals surface area (Å²) in [5.74, 6) is 1.86. The Bertz CT molecular complexity index is 523. The zero-order chi connectivity index (χ0) is 16.1. The molecule has 1 saturated carbocycles. The maximum atomic E-state index is 4.39. The van der Waals surface area contributed by atoms with Crippen molar-refractivity contribution in [3.8, 4) is 0 Å². The summed E-state index contributed by atoms with van der Waals surface area (Å²) < 4.78 is 0. The first-order valence-electron chi connectivity index (χ1n) is 8.99. The summed E-state index contributed by atoms with van der Waals surface area (Å²) in [6, 6.07) is 2.88. The second-order valence-electron chi connectivity index (χ2n) is 7.00. The molecule has 0 unspecified atom stereocenters. The number of halogens is 1. The Morgan fingerprint density at radius 1 is 1.33 bits per heavy atom. The van der Waals surface area contributed by atoms with Gasteiger partial charge in [-0.05, 0) is 55.0 Å². The van der Waals surface area contributed by atoms with Crippen LogP contribution < -0.4 is 10.6 Å². The van der Waals surface area contributed by atoms with Gasteiger partial charge in [0.15, 0.2) is 5.96 Å². The summed E-state index contributed by atoms with van der Waals surface area (Å²) in [5, 5.41) is 9.32. The molecule has 6 heteroatoms. The van der Waals surface area contributed by atoms with E-state index < -0.39 is 0 Å². The van der Waals surface area contributed by atoms with E-state index in [-0.39, 0.29) is 24.0 Å². The van der Waals surface area contributed by atoms with E-state index >= 15 is 0 Å². The second-order valence-corrected chi connectivity index (χ2v) is 8.00. The molecule has 0 spiro atoms. The van der Waals surface area contributed by atoms with Crippen LogP contribution in [0.4, 0.5) is 0 Å². The molecule has 2 heterocycles. The first-order valence-corrected chi connectivity index (χ1v) is 9.87. The van der Waals surface area contributed by atoms with Crippen molar-refractivity contribution in [3.05, 3.63) is 21.9 Å². The topological polar surface area (TPSA) is 39.7 Å². The van der Waals surface area contributed by atoms with Crippen LogP contribution in [0.5, 0.6) is 0 Å². The van der Waals surface area contributed by atoms with Gasteiger partial charge in [-0.15, -0.1) is 35.3 Å². The van der Waals surface area contributed by atoms with Crippen LogP contribution in [-0.4, -0.2) is 43.6 Å². The van der Waals surface area contributed by atoms with Crippen molar-refractivity contribution in [2.45, 2.75) is 51.6 Å². The molecule has 1 aliphatic heterocycles. The average Bonchev–Trinajstić information content (AvgIpc) is 3.03. The van der Waals surface area contributed by atoms with Crippen molar-refractivity contribution in [1.29, 1.82) is 0 Å². The molecule has 4 nitrogen and oxygen atoms in total. The molecule has 1 aliphatic carbocycles. The summed E-state index contributed by atoms with van der Waals surface area (Å²) in [5.41, 5.74) is 1.53. The summed E-state index contributed by atoms with van der Waals surface area (Å²) in [4.78, 5) is 8.51. The maximum absolute atomic E-state index is 4.39. The van der Waals surface area contributed by atoms with Crippen LogP contribution in [-0.2, 0) is 13.0 Å². The van der Waals surface area contributed by atoms with Crippen LogP contribution in [0.2, 0.25) is 0 Å². The molecule has 0 aromatic carbocycles. The fourth-order valence-electron chi connectivity index (χ4n) is 3.62. The Morgan fingerprint density at radius 2 is 2.12 bits per heavy atom. The zero-order valence-electron chi connectivity index (χ0n) is 14.9. The summed E-state index contributed by atoms with van der Waals surface area (Å²) in [6.45, 7) is 6.69. The quantitative estimate of drug-likeness (QED) is 0.409. The number of hydrogen-bond donors (Lipinski definition) is 2. The number of guanidine groups is 1. The first-order chi connectivity index (χ1) is 11.2. The first kappa shape index (κ1) is 20.0. The van der Waals surface area contributed by atoms with E-state index in [9.17, 15) is 0 Å². The summed E-state index contributed by atoms with van der Waals surface area (Å²) in [7, 11) is 1.87. The average molecular weight is 462 g/mol. The lowest BCUT2D eigenvalue weighted by Gasteiger charge is -2.29. The van der Waals surface area contributed by atoms with Gasteiger partial charge in [0.25, 0.3) is 0 Å². The lowest BCUT2D eigenvalue weighted by molar-refractivity contribution is 0.259. The van der Waals surface area contributed by atoms with Gasteiger partial charge < -0.3 is 10.6 Å². The molecule has 2 N–H and O–H groups in total. The molecule has 0 radical (unpaired) electrons. The van der Waals surface area contributed by atoms with Gasteiger partial charge in [-0.3, -0.25) is 9.89 Å². The van der Waals surface area contributed by atoms with Crippen LogP contribution in [0.15, 0.2) is 16.4 Å². The highest BCUT2D eigenvalue weighted by atomic mass is 127. The minimum absolute atomic E-state index is 0. The fourth-order valence-corrected chi connectivity index (χ4v) is 4.51. The van der Waals surface area contributed by atoms with Crippen LogP contribution in [0.25, 0.3) is 0 Å². The molecule has 3 rings (SSSR count). The Labute approximate surface area is 167 Å². The second kappa shape index (κ2) is 9.97. The highest BCUT2D eigenvalue weighted by Crippen LogP contribution is 2.24. The van der Waals surface area contributed by atoms with Crippen LogP contribution in [0, 0.1) is 5.92 Å². The maximum Gasteiger partial charge on any atom is 0.191 e. The van der Waals surface area contributed by atoms with Crippen molar-refractivity contribution in [2.75, 3.05) is 26.7 Å². The molecule has 1 aromatic heterocycles. The fraction of sp³-hybridized carbons (Fsp3) is 0.722. The Kier molecular flexibility index (Phi) is 8.30. The van der Waals surface area contributed by atoms with Crippen LogP contribution in [0.1, 0.15) is 43.0 Å². The predicted octanol–water partition coefficient (Wildman–Crippen LogP) is 3.47. The molecular weight excluding hydrogens is 431 g/mol. The largest absolute Gasteiger partial charge is 0.355 e. The van der Waals surface area contributed by atoms with Crippen LogP contribution in [0.3, 0.4) is 0 Å². The normalized spacial score (nSPS) is 24.8. The lowest BCUT2D eigenvalue weighted by Crippen LogP contribution is -2.47. The molecule has 0 bridgehead atoms. The standard InChI is InChI=1S/C18H30N4S.HI/c1-14-3-5-16(6-4-14)21-18(19-2)20-9-11-22-10-7-17-15(13-22)8-12-23-17;/h8,12,14,16H,3-7,9-11,13H2,1-2H3,(H2,19,20,21);1H. The van der Waals surface area contributed by atoms with Gasteiger partial charge in [0.05, 0.1) is 0 Å². The number of fused-ring (bicyclic) bond motifs is 1. The molecular formula is C18H31IN4S. The smallest absolute Gasteiger partial charge is 0.191 e. The number of rotatable bonds is 4. The Balaban J connectivity index is 0.00000208. The SMILES string of the molecule is CN=C(NCCN1CCc2sccc2C1)NC1CCC(C)CC1.I. The van der Waals surface area contributed by atoms with Crippen molar-refractivity contribution >= 4 is 41.3 Å². The molecule has 0 saturated heterocycles. The minimum Gasteiger partial charge on any atom is -0.355 e. The highest BCUT2D eigenvalue weighted by Gasteiger charge is 2.19. The van der Waals surface area contributed by atoms with Crippen molar-refractivity contribution in [2.24, 2.45) is 10.9 Å². The van der Waals surface area contributed by atoms with E-state index in [0.29, 0.717) is 6.04 Å². The molecule has 1 fully saturated rings. The van der Waals surface area contributed by atoms with Gasteiger partial charge in [0.2, 0.25) is 0 Å². The third kappa shape index (κ3) is 5.59. The molecule has 0 atom stereocenters. The van der Waals surface area contributed by atoms with Gasteiger partial charge >= 0.3 is 0 Å². The van der Waals surface area contributed by atoms with Crippen molar-refractivity contribution in [1.82, 2.24) is 15.5 Å². The zero-order valence-corrected chi connectivity index (χ0v) is 18.0. The van der Waals surface area contributed by atoms with Gasteiger partial charge in [0.1, 0.15) is 0 Å². The predicted molar refractivity (Wildman–Crippen MR) is 115 cm³/mol. The molecule has 1 aromatic rings. The molecule has 0 amide bonds. The molecule has 136 valence electrons. The highest BCUT2D eigenvalue weighted by molar-refractivity contribution is 14.0. The van der Waals surface area contributed by atoms with Crippen molar-refractivity contribution in [3.63, 3.8) is 0 Å². The molecule has 24 heavy (non-hydrogen) atoms. The van der Waals surface area contributed by atoms with E-state index in [2.05, 4.69) is 38.9 Å². The Hall–Kier alpha value is -0.340. The van der Waals surface area contributed by atoms with E-state index in [1.807, 2.05) is 18.4 Å². The van der Waals surface area contributed by atoms with Crippen LogP contribution >= 0.6 is 35.3 Å². The van der Waals surface area contributed by atoms with E-state index in [4.69, 9.17) is 0 Å². The van der Waals surface area contributed by atoms with E-state index in [1.165, 1.54) is 44.2 Å². The van der Waals surface area contributed by atoms with Gasteiger partial charge in [-0.25, -0.2) is 0 Å². The van der Waals surface area contributed by atoms with Gasteiger partial charge in [0, 0.05) is 44.1 Å².